The molecule has 0 bridgehead atoms. The van der Waals surface area contributed by atoms with Crippen LogP contribution in [0.25, 0.3) is 0 Å². The summed E-state index contributed by atoms with van der Waals surface area (Å²) >= 11 is 0. The smallest absolute Gasteiger partial charge is 0.240 e. The van der Waals surface area contributed by atoms with Crippen LogP contribution in [0.2, 0.25) is 0 Å². The van der Waals surface area contributed by atoms with Gasteiger partial charge in [-0.15, -0.1) is 0 Å². The molecule has 0 aliphatic rings. The maximum absolute atomic E-state index is 11.9. The zero-order valence-electron chi connectivity index (χ0n) is 10.6. The van der Waals surface area contributed by atoms with Crippen molar-refractivity contribution in [1.29, 1.82) is 0 Å². The maximum Gasteiger partial charge on any atom is 0.240 e. The van der Waals surface area contributed by atoms with Crippen molar-refractivity contribution < 1.29 is 18.3 Å². The second kappa shape index (κ2) is 6.72. The number of methoxy groups -OCH3 is 1. The molecular formula is C12H19NO4S. The number of nitrogens with one attached hydrogen (secondary N) is 1. The first-order valence-corrected chi connectivity index (χ1v) is 7.29. The number of aliphatic hydroxyl groups is 1. The molecule has 0 fully saturated rings. The van der Waals surface area contributed by atoms with Crippen LogP contribution in [0.3, 0.4) is 0 Å². The first-order chi connectivity index (χ1) is 8.49. The van der Waals surface area contributed by atoms with E-state index in [0.29, 0.717) is 12.2 Å². The molecule has 1 aromatic rings. The lowest BCUT2D eigenvalue weighted by Gasteiger charge is -2.11. The van der Waals surface area contributed by atoms with Crippen LogP contribution < -0.4 is 9.46 Å². The molecule has 1 atom stereocenters. The van der Waals surface area contributed by atoms with Crippen LogP contribution in [0.4, 0.5) is 0 Å². The van der Waals surface area contributed by atoms with Gasteiger partial charge >= 0.3 is 0 Å². The third kappa shape index (κ3) is 4.29. The number of hydrogen-bond acceptors (Lipinski definition) is 4. The summed E-state index contributed by atoms with van der Waals surface area (Å²) < 4.78 is 31.1. The predicted molar refractivity (Wildman–Crippen MR) is 69.1 cm³/mol. The van der Waals surface area contributed by atoms with Crippen LogP contribution in [-0.4, -0.2) is 33.3 Å². The molecule has 1 rings (SSSR count). The molecule has 0 aliphatic heterocycles. The first kappa shape index (κ1) is 14.9. The average molecular weight is 273 g/mol. The predicted octanol–water partition coefficient (Wildman–Crippen LogP) is 1.13. The highest BCUT2D eigenvalue weighted by molar-refractivity contribution is 7.89. The molecule has 0 heterocycles. The number of rotatable bonds is 7. The molecular weight excluding hydrogens is 254 g/mol. The maximum atomic E-state index is 11.9. The second-order valence-corrected chi connectivity index (χ2v) is 5.74. The average Bonchev–Trinajstić information content (AvgIpc) is 2.37. The van der Waals surface area contributed by atoms with E-state index in [1.165, 1.54) is 19.2 Å². The lowest BCUT2D eigenvalue weighted by molar-refractivity contribution is 0.167. The molecule has 0 amide bonds. The number of aliphatic hydroxyl groups excluding tert-OH is 1. The summed E-state index contributed by atoms with van der Waals surface area (Å²) in [6.07, 6.45) is 0.736. The molecule has 0 aromatic heterocycles. The molecule has 2 N–H and O–H groups in total. The van der Waals surface area contributed by atoms with Crippen molar-refractivity contribution >= 4 is 10.0 Å². The largest absolute Gasteiger partial charge is 0.497 e. The van der Waals surface area contributed by atoms with Gasteiger partial charge in [0, 0.05) is 6.54 Å². The Hall–Kier alpha value is -1.11. The van der Waals surface area contributed by atoms with Crippen LogP contribution >= 0.6 is 0 Å². The molecule has 102 valence electrons. The Bertz CT molecular complexity index is 455. The Kier molecular flexibility index (Phi) is 5.58. The molecule has 1 unspecified atom stereocenters. The summed E-state index contributed by atoms with van der Waals surface area (Å²) in [5.41, 5.74) is 0. The molecule has 1 aromatic carbocycles. The van der Waals surface area contributed by atoms with Crippen molar-refractivity contribution in [2.24, 2.45) is 0 Å². The zero-order chi connectivity index (χ0) is 13.6. The molecule has 0 saturated heterocycles. The topological polar surface area (TPSA) is 75.6 Å². The Morgan fingerprint density at radius 3 is 2.44 bits per heavy atom. The summed E-state index contributed by atoms with van der Waals surface area (Å²) in [5.74, 6) is 0.597. The van der Waals surface area contributed by atoms with Gasteiger partial charge in [-0.3, -0.25) is 0 Å². The normalized spacial score (nSPS) is 13.3. The minimum Gasteiger partial charge on any atom is -0.497 e. The number of hydrogen-bond donors (Lipinski definition) is 2. The van der Waals surface area contributed by atoms with Crippen LogP contribution in [0, 0.1) is 0 Å². The molecule has 0 radical (unpaired) electrons. The van der Waals surface area contributed by atoms with Crippen LogP contribution in [-0.2, 0) is 10.0 Å². The summed E-state index contributed by atoms with van der Waals surface area (Å²) in [6, 6.07) is 6.09. The van der Waals surface area contributed by atoms with E-state index in [9.17, 15) is 13.5 Å². The Balaban J connectivity index is 2.67. The number of benzene rings is 1. The van der Waals surface area contributed by atoms with Crippen molar-refractivity contribution in [1.82, 2.24) is 4.72 Å². The van der Waals surface area contributed by atoms with Gasteiger partial charge in [0.15, 0.2) is 0 Å². The molecule has 0 aliphatic carbocycles. The monoisotopic (exact) mass is 273 g/mol. The van der Waals surface area contributed by atoms with E-state index in [1.54, 1.807) is 12.1 Å². The van der Waals surface area contributed by atoms with Gasteiger partial charge < -0.3 is 9.84 Å². The van der Waals surface area contributed by atoms with Gasteiger partial charge in [-0.2, -0.15) is 0 Å². The quantitative estimate of drug-likeness (QED) is 0.781. The van der Waals surface area contributed by atoms with E-state index < -0.39 is 16.1 Å². The first-order valence-electron chi connectivity index (χ1n) is 5.81. The third-order valence-electron chi connectivity index (χ3n) is 2.50. The fourth-order valence-corrected chi connectivity index (χ4v) is 2.55. The van der Waals surface area contributed by atoms with Crippen molar-refractivity contribution in [3.8, 4) is 5.75 Å². The molecule has 6 heteroatoms. The highest BCUT2D eigenvalue weighted by atomic mass is 32.2. The summed E-state index contributed by atoms with van der Waals surface area (Å²) in [7, 11) is -2.05. The molecule has 18 heavy (non-hydrogen) atoms. The van der Waals surface area contributed by atoms with E-state index in [1.807, 2.05) is 6.92 Å². The highest BCUT2D eigenvalue weighted by Gasteiger charge is 2.15. The summed E-state index contributed by atoms with van der Waals surface area (Å²) in [5, 5.41) is 9.49. The SMILES string of the molecule is CCCC(O)CNS(=O)(=O)c1ccc(OC)cc1. The van der Waals surface area contributed by atoms with Crippen LogP contribution in [0.5, 0.6) is 5.75 Å². The van der Waals surface area contributed by atoms with Crippen LogP contribution in [0.1, 0.15) is 19.8 Å². The van der Waals surface area contributed by atoms with Gasteiger partial charge in [0.1, 0.15) is 5.75 Å². The van der Waals surface area contributed by atoms with Crippen molar-refractivity contribution in [3.63, 3.8) is 0 Å². The van der Waals surface area contributed by atoms with E-state index in [0.717, 1.165) is 6.42 Å². The molecule has 0 spiro atoms. The van der Waals surface area contributed by atoms with Gasteiger partial charge in [0.05, 0.1) is 18.1 Å². The third-order valence-corrected chi connectivity index (χ3v) is 3.94. The van der Waals surface area contributed by atoms with E-state index in [-0.39, 0.29) is 11.4 Å². The molecule has 0 saturated carbocycles. The van der Waals surface area contributed by atoms with E-state index in [4.69, 9.17) is 4.74 Å². The molecule has 5 nitrogen and oxygen atoms in total. The number of sulfonamides is 1. The van der Waals surface area contributed by atoms with E-state index in [2.05, 4.69) is 4.72 Å². The fraction of sp³-hybridized carbons (Fsp3) is 0.500. The number of ether oxygens (including phenoxy) is 1. The van der Waals surface area contributed by atoms with Gasteiger partial charge in [-0.1, -0.05) is 13.3 Å². The Morgan fingerprint density at radius 1 is 1.33 bits per heavy atom. The summed E-state index contributed by atoms with van der Waals surface area (Å²) in [6.45, 7) is 1.96. The van der Waals surface area contributed by atoms with Crippen LogP contribution in [0.15, 0.2) is 29.2 Å². The zero-order valence-corrected chi connectivity index (χ0v) is 11.4. The van der Waals surface area contributed by atoms with Gasteiger partial charge in [0.2, 0.25) is 10.0 Å². The lowest BCUT2D eigenvalue weighted by Crippen LogP contribution is -2.32. The minimum absolute atomic E-state index is 0.0300. The van der Waals surface area contributed by atoms with E-state index >= 15 is 0 Å². The second-order valence-electron chi connectivity index (χ2n) is 3.97. The fourth-order valence-electron chi connectivity index (χ4n) is 1.48. The lowest BCUT2D eigenvalue weighted by atomic mass is 10.2. The van der Waals surface area contributed by atoms with Gasteiger partial charge in [-0.25, -0.2) is 13.1 Å². The van der Waals surface area contributed by atoms with Crippen molar-refractivity contribution in [2.75, 3.05) is 13.7 Å². The Morgan fingerprint density at radius 2 is 1.94 bits per heavy atom. The van der Waals surface area contributed by atoms with Gasteiger partial charge in [-0.05, 0) is 30.7 Å². The van der Waals surface area contributed by atoms with Gasteiger partial charge in [0.25, 0.3) is 0 Å². The highest BCUT2D eigenvalue weighted by Crippen LogP contribution is 2.15. The van der Waals surface area contributed by atoms with Crippen molar-refractivity contribution in [3.05, 3.63) is 24.3 Å². The Labute approximate surface area is 108 Å². The standard InChI is InChI=1S/C12H19NO4S/c1-3-4-10(14)9-13-18(15,16)12-7-5-11(17-2)6-8-12/h5-8,10,13-14H,3-4,9H2,1-2H3. The minimum atomic E-state index is -3.56. The van der Waals surface area contributed by atoms with Crippen molar-refractivity contribution in [2.45, 2.75) is 30.8 Å². The summed E-state index contributed by atoms with van der Waals surface area (Å²) in [4.78, 5) is 0.159.